The van der Waals surface area contributed by atoms with Crippen molar-refractivity contribution in [2.24, 2.45) is 11.3 Å². The third kappa shape index (κ3) is 4.37. The van der Waals surface area contributed by atoms with Gasteiger partial charge in [-0.2, -0.15) is 0 Å². The summed E-state index contributed by atoms with van der Waals surface area (Å²) in [4.78, 5) is 11.9. The van der Waals surface area contributed by atoms with Gasteiger partial charge in [-0.25, -0.2) is 0 Å². The minimum Gasteiger partial charge on any atom is -0.394 e. The van der Waals surface area contributed by atoms with Crippen LogP contribution in [0.25, 0.3) is 0 Å². The van der Waals surface area contributed by atoms with Crippen LogP contribution < -0.4 is 0 Å². The van der Waals surface area contributed by atoms with Crippen molar-refractivity contribution in [1.82, 2.24) is 0 Å². The number of carbonyl (C=O) groups excluding carboxylic acids is 1. The maximum absolute atomic E-state index is 11.9. The summed E-state index contributed by atoms with van der Waals surface area (Å²) < 4.78 is 10.9. The van der Waals surface area contributed by atoms with Gasteiger partial charge in [-0.15, -0.1) is 0 Å². The van der Waals surface area contributed by atoms with Crippen LogP contribution in [-0.2, 0) is 14.3 Å². The van der Waals surface area contributed by atoms with Gasteiger partial charge in [-0.3, -0.25) is 4.79 Å². The van der Waals surface area contributed by atoms with Crippen LogP contribution in [0.4, 0.5) is 0 Å². The molecule has 0 radical (unpaired) electrons. The van der Waals surface area contributed by atoms with Crippen molar-refractivity contribution < 1.29 is 34.7 Å². The van der Waals surface area contributed by atoms with Crippen LogP contribution in [0, 0.1) is 11.3 Å². The summed E-state index contributed by atoms with van der Waals surface area (Å²) in [6, 6.07) is 0. The van der Waals surface area contributed by atoms with E-state index in [4.69, 9.17) is 14.6 Å². The molecule has 0 amide bonds. The lowest BCUT2D eigenvalue weighted by atomic mass is 9.86. The van der Waals surface area contributed by atoms with E-state index in [9.17, 15) is 20.1 Å². The minimum atomic E-state index is -1.47. The Balaban J connectivity index is 2.01. The van der Waals surface area contributed by atoms with Gasteiger partial charge in [-0.1, -0.05) is 26.0 Å². The van der Waals surface area contributed by atoms with Crippen molar-refractivity contribution in [2.75, 3.05) is 13.2 Å². The van der Waals surface area contributed by atoms with Gasteiger partial charge < -0.3 is 29.9 Å². The topological polar surface area (TPSA) is 116 Å². The van der Waals surface area contributed by atoms with E-state index >= 15 is 0 Å². The molecule has 1 saturated heterocycles. The molecule has 7 unspecified atom stereocenters. The third-order valence-electron chi connectivity index (χ3n) is 4.40. The molecule has 4 N–H and O–H groups in total. The second-order valence-corrected chi connectivity index (χ2v) is 6.92. The van der Waals surface area contributed by atoms with E-state index in [0.29, 0.717) is 12.8 Å². The number of rotatable bonds is 4. The zero-order chi connectivity index (χ0) is 17.2. The zero-order valence-electron chi connectivity index (χ0n) is 13.5. The quantitative estimate of drug-likeness (QED) is 0.507. The zero-order valence-corrected chi connectivity index (χ0v) is 13.5. The predicted molar refractivity (Wildman–Crippen MR) is 80.4 cm³/mol. The Morgan fingerprint density at radius 2 is 2.00 bits per heavy atom. The maximum Gasteiger partial charge on any atom is 0.186 e. The van der Waals surface area contributed by atoms with Crippen LogP contribution in [0.2, 0.25) is 0 Å². The van der Waals surface area contributed by atoms with Crippen LogP contribution in [0.3, 0.4) is 0 Å². The second-order valence-electron chi connectivity index (χ2n) is 6.92. The molecule has 0 aromatic rings. The number of aliphatic hydroxyl groups excluding tert-OH is 4. The molecule has 132 valence electrons. The Morgan fingerprint density at radius 1 is 1.30 bits per heavy atom. The molecule has 7 atom stereocenters. The van der Waals surface area contributed by atoms with Gasteiger partial charge in [0.2, 0.25) is 0 Å². The highest BCUT2D eigenvalue weighted by atomic mass is 16.7. The molecule has 1 heterocycles. The van der Waals surface area contributed by atoms with Crippen molar-refractivity contribution in [3.05, 3.63) is 12.2 Å². The number of carbonyl (C=O) groups is 1. The molecule has 0 aromatic heterocycles. The van der Waals surface area contributed by atoms with Crippen molar-refractivity contribution in [3.8, 4) is 0 Å². The molecular formula is C16H26O7. The number of ketones is 1. The van der Waals surface area contributed by atoms with Gasteiger partial charge in [0.25, 0.3) is 0 Å². The number of aliphatic hydroxyl groups is 4. The molecule has 1 fully saturated rings. The number of Topliss-reactive ketones (excluding diaryl/α,β-unsaturated/α-hetero) is 1. The average Bonchev–Trinajstić information content (AvgIpc) is 2.62. The second kappa shape index (κ2) is 7.38. The van der Waals surface area contributed by atoms with Crippen molar-refractivity contribution >= 4 is 5.78 Å². The molecule has 0 spiro atoms. The minimum absolute atomic E-state index is 0.116. The lowest BCUT2D eigenvalue weighted by Crippen LogP contribution is -2.59. The summed E-state index contributed by atoms with van der Waals surface area (Å²) in [6.07, 6.45) is -1.76. The molecule has 2 aliphatic rings. The Bertz CT molecular complexity index is 450. The summed E-state index contributed by atoms with van der Waals surface area (Å²) in [5.74, 6) is 0.319. The first-order valence-corrected chi connectivity index (χ1v) is 7.89. The van der Waals surface area contributed by atoms with Crippen LogP contribution >= 0.6 is 0 Å². The summed E-state index contributed by atoms with van der Waals surface area (Å²) in [5.41, 5.74) is -0.527. The fourth-order valence-electron chi connectivity index (χ4n) is 2.98. The SMILES string of the molecule is CC1C=CC(C)(COC2OC(CO)C(O)C(O)C2O)CC(=O)C1. The molecule has 7 heteroatoms. The number of allylic oxidation sites excluding steroid dienone is 1. The molecule has 0 saturated carbocycles. The molecule has 2 rings (SSSR count). The Kier molecular flexibility index (Phi) is 5.94. The number of ether oxygens (including phenoxy) is 2. The molecule has 1 aliphatic heterocycles. The predicted octanol–water partition coefficient (Wildman–Crippen LogP) is -0.636. The summed E-state index contributed by atoms with van der Waals surface area (Å²) in [7, 11) is 0. The van der Waals surface area contributed by atoms with Gasteiger partial charge in [0.1, 0.15) is 30.2 Å². The van der Waals surface area contributed by atoms with Crippen molar-refractivity contribution in [1.29, 1.82) is 0 Å². The van der Waals surface area contributed by atoms with Gasteiger partial charge >= 0.3 is 0 Å². The first-order valence-electron chi connectivity index (χ1n) is 7.89. The fraction of sp³-hybridized carbons (Fsp3) is 0.812. The first kappa shape index (κ1) is 18.5. The van der Waals surface area contributed by atoms with Gasteiger partial charge in [0, 0.05) is 18.3 Å². The number of hydrogen-bond donors (Lipinski definition) is 4. The van der Waals surface area contributed by atoms with Crippen LogP contribution in [0.1, 0.15) is 26.7 Å². The van der Waals surface area contributed by atoms with E-state index in [1.165, 1.54) is 0 Å². The van der Waals surface area contributed by atoms with Crippen LogP contribution in [0.15, 0.2) is 12.2 Å². The van der Waals surface area contributed by atoms with Gasteiger partial charge in [0.05, 0.1) is 13.2 Å². The van der Waals surface area contributed by atoms with E-state index in [1.807, 2.05) is 26.0 Å². The van der Waals surface area contributed by atoms with E-state index < -0.39 is 42.7 Å². The molecular weight excluding hydrogens is 304 g/mol. The number of hydrogen-bond acceptors (Lipinski definition) is 7. The molecule has 7 nitrogen and oxygen atoms in total. The summed E-state index contributed by atoms with van der Waals surface area (Å²) in [6.45, 7) is 3.46. The van der Waals surface area contributed by atoms with Crippen molar-refractivity contribution in [3.63, 3.8) is 0 Å². The smallest absolute Gasteiger partial charge is 0.186 e. The normalized spacial score (nSPS) is 45.0. The summed E-state index contributed by atoms with van der Waals surface area (Å²) >= 11 is 0. The first-order chi connectivity index (χ1) is 10.8. The average molecular weight is 330 g/mol. The Labute approximate surface area is 135 Å². The Morgan fingerprint density at radius 3 is 2.65 bits per heavy atom. The third-order valence-corrected chi connectivity index (χ3v) is 4.40. The highest BCUT2D eigenvalue weighted by molar-refractivity contribution is 5.80. The molecule has 0 bridgehead atoms. The van der Waals surface area contributed by atoms with E-state index in [1.54, 1.807) is 0 Å². The van der Waals surface area contributed by atoms with E-state index in [0.717, 1.165) is 0 Å². The van der Waals surface area contributed by atoms with Gasteiger partial charge in [0.15, 0.2) is 6.29 Å². The molecule has 1 aliphatic carbocycles. The molecule has 23 heavy (non-hydrogen) atoms. The molecule has 0 aromatic carbocycles. The lowest BCUT2D eigenvalue weighted by Gasteiger charge is -2.40. The summed E-state index contributed by atoms with van der Waals surface area (Å²) in [5, 5.41) is 38.6. The largest absolute Gasteiger partial charge is 0.394 e. The van der Waals surface area contributed by atoms with Crippen LogP contribution in [-0.4, -0.2) is 70.1 Å². The Hall–Kier alpha value is -0.830. The lowest BCUT2D eigenvalue weighted by molar-refractivity contribution is -0.304. The monoisotopic (exact) mass is 330 g/mol. The van der Waals surface area contributed by atoms with Crippen LogP contribution in [0.5, 0.6) is 0 Å². The fourth-order valence-corrected chi connectivity index (χ4v) is 2.98. The van der Waals surface area contributed by atoms with Crippen molar-refractivity contribution in [2.45, 2.75) is 57.4 Å². The van der Waals surface area contributed by atoms with E-state index in [2.05, 4.69) is 0 Å². The van der Waals surface area contributed by atoms with Gasteiger partial charge in [-0.05, 0) is 5.92 Å². The highest BCUT2D eigenvalue weighted by Crippen LogP contribution is 2.31. The maximum atomic E-state index is 11.9. The standard InChI is InChI=1S/C16H26O7/c1-9-3-4-16(2,6-10(18)5-9)8-22-15-14(21)13(20)12(19)11(7-17)23-15/h3-4,9,11-15,17,19-21H,5-8H2,1-2H3. The van der Waals surface area contributed by atoms with E-state index in [-0.39, 0.29) is 18.3 Å². The highest BCUT2D eigenvalue weighted by Gasteiger charge is 2.44.